The topological polar surface area (TPSA) is 0 Å². The van der Waals surface area contributed by atoms with E-state index in [1.54, 1.807) is 0 Å². The van der Waals surface area contributed by atoms with E-state index in [9.17, 15) is 0 Å². The van der Waals surface area contributed by atoms with Gasteiger partial charge in [-0.25, -0.2) is 0 Å². The van der Waals surface area contributed by atoms with Gasteiger partial charge in [-0.05, 0) is 25.0 Å². The lowest BCUT2D eigenvalue weighted by Gasteiger charge is -2.10. The molecule has 0 aliphatic heterocycles. The average Bonchev–Trinajstić information content (AvgIpc) is 2.04. The van der Waals surface area contributed by atoms with Crippen molar-refractivity contribution < 1.29 is 0 Å². The maximum atomic E-state index is 3.76. The van der Waals surface area contributed by atoms with Gasteiger partial charge in [0.2, 0.25) is 0 Å². The lowest BCUT2D eigenvalue weighted by atomic mass is 10.0. The van der Waals surface area contributed by atoms with Crippen LogP contribution in [0, 0.1) is 5.92 Å². The predicted octanol–water partition coefficient (Wildman–Crippen LogP) is 4.12. The molecule has 0 bridgehead atoms. The van der Waals surface area contributed by atoms with Gasteiger partial charge in [0.1, 0.15) is 0 Å². The van der Waals surface area contributed by atoms with Crippen LogP contribution in [0.1, 0.15) is 39.5 Å². The smallest absolute Gasteiger partial charge is 0.00159 e. The summed E-state index contributed by atoms with van der Waals surface area (Å²) in [6.45, 7) is 8.38. The molecule has 0 saturated carbocycles. The molecule has 1 heteroatoms. The van der Waals surface area contributed by atoms with Crippen LogP contribution in [0.4, 0.5) is 0 Å². The fourth-order valence-corrected chi connectivity index (χ4v) is 1.68. The van der Waals surface area contributed by atoms with Gasteiger partial charge in [-0.3, -0.25) is 0 Å². The summed E-state index contributed by atoms with van der Waals surface area (Å²) in [6.07, 6.45) is 9.49. The van der Waals surface area contributed by atoms with Gasteiger partial charge in [-0.15, -0.1) is 6.58 Å². The second-order valence-electron chi connectivity index (χ2n) is 3.61. The fourth-order valence-electron chi connectivity index (χ4n) is 1.27. The van der Waals surface area contributed by atoms with E-state index in [1.807, 2.05) is 17.8 Å². The van der Waals surface area contributed by atoms with Crippen LogP contribution in [0.15, 0.2) is 12.7 Å². The molecule has 72 valence electrons. The van der Waals surface area contributed by atoms with Gasteiger partial charge in [-0.2, -0.15) is 11.8 Å². The first-order valence-electron chi connectivity index (χ1n) is 4.84. The maximum absolute atomic E-state index is 3.76. The summed E-state index contributed by atoms with van der Waals surface area (Å²) in [4.78, 5) is 0. The standard InChI is InChI=1S/C11H22S/c1-5-7-10(2)8-6-9-11(3)12-4/h5,10-11H,1,6-9H2,2-4H3. The second-order valence-corrected chi connectivity index (χ2v) is 4.88. The van der Waals surface area contributed by atoms with E-state index in [0.29, 0.717) is 0 Å². The summed E-state index contributed by atoms with van der Waals surface area (Å²) in [5, 5.41) is 0.834. The Morgan fingerprint density at radius 1 is 1.33 bits per heavy atom. The Hall–Kier alpha value is 0.0900. The largest absolute Gasteiger partial charge is 0.162 e. The SMILES string of the molecule is C=CCC(C)CCCC(C)SC. The lowest BCUT2D eigenvalue weighted by molar-refractivity contribution is 0.503. The Morgan fingerprint density at radius 2 is 2.00 bits per heavy atom. The zero-order valence-electron chi connectivity index (χ0n) is 8.68. The van der Waals surface area contributed by atoms with Gasteiger partial charge < -0.3 is 0 Å². The van der Waals surface area contributed by atoms with Crippen LogP contribution in [0.3, 0.4) is 0 Å². The summed E-state index contributed by atoms with van der Waals surface area (Å²) in [5.74, 6) is 0.830. The van der Waals surface area contributed by atoms with Crippen LogP contribution < -0.4 is 0 Å². The molecule has 0 aliphatic rings. The lowest BCUT2D eigenvalue weighted by Crippen LogP contribution is -1.98. The van der Waals surface area contributed by atoms with Gasteiger partial charge >= 0.3 is 0 Å². The quantitative estimate of drug-likeness (QED) is 0.539. The molecular weight excluding hydrogens is 164 g/mol. The highest BCUT2D eigenvalue weighted by Gasteiger charge is 2.02. The first-order valence-corrected chi connectivity index (χ1v) is 6.13. The molecule has 0 aromatic heterocycles. The van der Waals surface area contributed by atoms with Crippen molar-refractivity contribution in [2.45, 2.75) is 44.8 Å². The van der Waals surface area contributed by atoms with Crippen LogP contribution in [-0.4, -0.2) is 11.5 Å². The van der Waals surface area contributed by atoms with Crippen LogP contribution in [0.25, 0.3) is 0 Å². The summed E-state index contributed by atoms with van der Waals surface area (Å²) < 4.78 is 0. The molecule has 2 atom stereocenters. The summed E-state index contributed by atoms with van der Waals surface area (Å²) in [7, 11) is 0. The molecular formula is C11H22S. The van der Waals surface area contributed by atoms with Gasteiger partial charge in [0.15, 0.2) is 0 Å². The van der Waals surface area contributed by atoms with Crippen LogP contribution in [0.2, 0.25) is 0 Å². The zero-order chi connectivity index (χ0) is 9.40. The molecule has 0 rings (SSSR count). The van der Waals surface area contributed by atoms with E-state index in [4.69, 9.17) is 0 Å². The molecule has 0 N–H and O–H groups in total. The molecule has 0 heterocycles. The molecule has 0 radical (unpaired) electrons. The highest BCUT2D eigenvalue weighted by atomic mass is 32.2. The zero-order valence-corrected chi connectivity index (χ0v) is 9.49. The van der Waals surface area contributed by atoms with Crippen molar-refractivity contribution in [2.75, 3.05) is 6.26 Å². The van der Waals surface area contributed by atoms with E-state index in [1.165, 1.54) is 25.7 Å². The highest BCUT2D eigenvalue weighted by Crippen LogP contribution is 2.17. The van der Waals surface area contributed by atoms with Gasteiger partial charge in [0, 0.05) is 5.25 Å². The minimum absolute atomic E-state index is 0.830. The Balaban J connectivity index is 3.23. The molecule has 0 fully saturated rings. The number of hydrogen-bond acceptors (Lipinski definition) is 1. The van der Waals surface area contributed by atoms with Crippen molar-refractivity contribution in [3.05, 3.63) is 12.7 Å². The first kappa shape index (κ1) is 12.1. The third-order valence-electron chi connectivity index (χ3n) is 2.28. The van der Waals surface area contributed by atoms with E-state index >= 15 is 0 Å². The highest BCUT2D eigenvalue weighted by molar-refractivity contribution is 7.99. The Kier molecular flexibility index (Phi) is 7.78. The monoisotopic (exact) mass is 186 g/mol. The number of hydrogen-bond donors (Lipinski definition) is 0. The van der Waals surface area contributed by atoms with E-state index in [-0.39, 0.29) is 0 Å². The molecule has 0 amide bonds. The normalized spacial score (nSPS) is 15.6. The van der Waals surface area contributed by atoms with Gasteiger partial charge in [0.25, 0.3) is 0 Å². The van der Waals surface area contributed by atoms with E-state index in [2.05, 4.69) is 26.7 Å². The maximum Gasteiger partial charge on any atom is 0.00159 e. The molecule has 2 unspecified atom stereocenters. The predicted molar refractivity (Wildman–Crippen MR) is 60.8 cm³/mol. The number of rotatable bonds is 7. The Bertz CT molecular complexity index is 110. The fraction of sp³-hybridized carbons (Fsp3) is 0.818. The summed E-state index contributed by atoms with van der Waals surface area (Å²) in [5.41, 5.74) is 0. The molecule has 0 aliphatic carbocycles. The van der Waals surface area contributed by atoms with Crippen molar-refractivity contribution in [1.29, 1.82) is 0 Å². The number of thioether (sulfide) groups is 1. The Labute approximate surface area is 81.8 Å². The second kappa shape index (κ2) is 7.72. The molecule has 0 aromatic rings. The van der Waals surface area contributed by atoms with Crippen molar-refractivity contribution in [3.8, 4) is 0 Å². The molecule has 0 spiro atoms. The minimum Gasteiger partial charge on any atom is -0.162 e. The molecule has 0 saturated heterocycles. The van der Waals surface area contributed by atoms with Crippen LogP contribution in [-0.2, 0) is 0 Å². The molecule has 12 heavy (non-hydrogen) atoms. The van der Waals surface area contributed by atoms with Crippen molar-refractivity contribution in [1.82, 2.24) is 0 Å². The summed E-state index contributed by atoms with van der Waals surface area (Å²) >= 11 is 1.97. The number of allylic oxidation sites excluding steroid dienone is 1. The van der Waals surface area contributed by atoms with Gasteiger partial charge in [-0.1, -0.05) is 32.8 Å². The third kappa shape index (κ3) is 6.78. The average molecular weight is 186 g/mol. The summed E-state index contributed by atoms with van der Waals surface area (Å²) in [6, 6.07) is 0. The van der Waals surface area contributed by atoms with Crippen molar-refractivity contribution in [2.24, 2.45) is 5.92 Å². The molecule has 0 aromatic carbocycles. The third-order valence-corrected chi connectivity index (χ3v) is 3.32. The van der Waals surface area contributed by atoms with E-state index < -0.39 is 0 Å². The van der Waals surface area contributed by atoms with Crippen molar-refractivity contribution >= 4 is 11.8 Å². The van der Waals surface area contributed by atoms with Crippen LogP contribution in [0.5, 0.6) is 0 Å². The van der Waals surface area contributed by atoms with Gasteiger partial charge in [0.05, 0.1) is 0 Å². The van der Waals surface area contributed by atoms with Crippen molar-refractivity contribution in [3.63, 3.8) is 0 Å². The first-order chi connectivity index (χ1) is 5.70. The van der Waals surface area contributed by atoms with Crippen LogP contribution >= 0.6 is 11.8 Å². The molecule has 0 nitrogen and oxygen atoms in total. The minimum atomic E-state index is 0.830. The van der Waals surface area contributed by atoms with E-state index in [0.717, 1.165) is 11.2 Å². The Morgan fingerprint density at radius 3 is 2.50 bits per heavy atom.